The van der Waals surface area contributed by atoms with Crippen LogP contribution in [0.5, 0.6) is 0 Å². The van der Waals surface area contributed by atoms with Crippen LogP contribution in [0.1, 0.15) is 25.8 Å². The Balaban J connectivity index is 2.59. The van der Waals surface area contributed by atoms with Crippen LogP contribution in [0.3, 0.4) is 0 Å². The lowest BCUT2D eigenvalue weighted by molar-refractivity contribution is -0.139. The second-order valence-electron chi connectivity index (χ2n) is 6.42. The van der Waals surface area contributed by atoms with Gasteiger partial charge >= 0.3 is 0 Å². The van der Waals surface area contributed by atoms with E-state index in [4.69, 9.17) is 16.3 Å². The second-order valence-corrected chi connectivity index (χ2v) is 6.42. The zero-order chi connectivity index (χ0) is 20.4. The summed E-state index contributed by atoms with van der Waals surface area (Å²) in [6, 6.07) is 8.09. The molecule has 2 atom stereocenters. The van der Waals surface area contributed by atoms with Crippen LogP contribution in [-0.2, 0) is 30.6 Å². The van der Waals surface area contributed by atoms with Crippen LogP contribution in [0.2, 0.25) is 0 Å². The van der Waals surface area contributed by atoms with Gasteiger partial charge in [-0.1, -0.05) is 44.2 Å². The van der Waals surface area contributed by atoms with E-state index in [0.29, 0.717) is 0 Å². The predicted molar refractivity (Wildman–Crippen MR) is 97.5 cm³/mol. The van der Waals surface area contributed by atoms with Crippen molar-refractivity contribution in [3.8, 4) is 0 Å². The number of benzene rings is 1. The third kappa shape index (κ3) is 7.97. The molecule has 0 fully saturated rings. The quantitative estimate of drug-likeness (QED) is 0.216. The monoisotopic (exact) mass is 378 g/mol. The zero-order valence-corrected chi connectivity index (χ0v) is 15.4. The van der Waals surface area contributed by atoms with Gasteiger partial charge in [0, 0.05) is 0 Å². The smallest absolute Gasteiger partial charge is 0.240 e. The van der Waals surface area contributed by atoms with E-state index in [1.807, 2.05) is 30.3 Å². The van der Waals surface area contributed by atoms with Crippen molar-refractivity contribution in [2.24, 2.45) is 23.3 Å². The van der Waals surface area contributed by atoms with Gasteiger partial charge in [-0.25, -0.2) is 0 Å². The molecule has 0 aliphatic heterocycles. The first kappa shape index (κ1) is 22.3. The highest BCUT2D eigenvalue weighted by Gasteiger charge is 2.32. The third-order valence-electron chi connectivity index (χ3n) is 3.79. The molecule has 1 aromatic carbocycles. The lowest BCUT2D eigenvalue weighted by atomic mass is 9.90. The molecule has 0 aliphatic rings. The SMILES string of the molecule is CC(C)C(C(=O)CNOCc1ccccc1)C(=O)N[C@@H](CC(N)=O)C(N)=O. The maximum atomic E-state index is 12.4. The van der Waals surface area contributed by atoms with Crippen LogP contribution in [0.15, 0.2) is 30.3 Å². The molecule has 1 unspecified atom stereocenters. The van der Waals surface area contributed by atoms with Crippen molar-refractivity contribution in [3.05, 3.63) is 35.9 Å². The van der Waals surface area contributed by atoms with Gasteiger partial charge in [-0.15, -0.1) is 0 Å². The summed E-state index contributed by atoms with van der Waals surface area (Å²) in [4.78, 5) is 52.4. The van der Waals surface area contributed by atoms with Gasteiger partial charge < -0.3 is 16.8 Å². The molecule has 148 valence electrons. The number of hydroxylamine groups is 1. The van der Waals surface area contributed by atoms with Gasteiger partial charge in [0.25, 0.3) is 0 Å². The topological polar surface area (TPSA) is 154 Å². The van der Waals surface area contributed by atoms with E-state index < -0.39 is 41.9 Å². The fourth-order valence-corrected chi connectivity index (χ4v) is 2.45. The highest BCUT2D eigenvalue weighted by Crippen LogP contribution is 2.13. The van der Waals surface area contributed by atoms with Gasteiger partial charge in [0.05, 0.1) is 19.6 Å². The number of carbonyl (C=O) groups is 4. The van der Waals surface area contributed by atoms with Crippen LogP contribution in [-0.4, -0.2) is 36.1 Å². The van der Waals surface area contributed by atoms with E-state index in [-0.39, 0.29) is 19.1 Å². The lowest BCUT2D eigenvalue weighted by Crippen LogP contribution is -2.51. The standard InChI is InChI=1S/C18H26N4O5/c1-11(2)16(18(26)22-13(17(20)25)8-15(19)24)14(23)9-21-27-10-12-6-4-3-5-7-12/h3-7,11,13,16,21H,8-10H2,1-2H3,(H2,19,24)(H2,20,25)(H,22,26)/t13-,16?/m0/s1. The first-order valence-corrected chi connectivity index (χ1v) is 8.51. The van der Waals surface area contributed by atoms with Gasteiger partial charge in [0.15, 0.2) is 5.78 Å². The first-order chi connectivity index (χ1) is 12.7. The number of nitrogens with one attached hydrogen (secondary N) is 2. The molecule has 3 amide bonds. The molecule has 1 rings (SSSR count). The molecule has 9 heteroatoms. The Morgan fingerprint density at radius 1 is 1.07 bits per heavy atom. The fourth-order valence-electron chi connectivity index (χ4n) is 2.45. The number of nitrogens with two attached hydrogens (primary N) is 2. The largest absolute Gasteiger partial charge is 0.370 e. The average Bonchev–Trinajstić information content (AvgIpc) is 2.58. The minimum absolute atomic E-state index is 0.194. The number of rotatable bonds is 12. The summed E-state index contributed by atoms with van der Waals surface area (Å²) in [6.07, 6.45) is -0.432. The number of ketones is 1. The van der Waals surface area contributed by atoms with E-state index in [9.17, 15) is 19.2 Å². The molecule has 0 bridgehead atoms. The maximum absolute atomic E-state index is 12.4. The number of carbonyl (C=O) groups excluding carboxylic acids is 4. The number of hydrogen-bond acceptors (Lipinski definition) is 6. The molecule has 9 nitrogen and oxygen atoms in total. The van der Waals surface area contributed by atoms with Crippen LogP contribution in [0, 0.1) is 11.8 Å². The van der Waals surface area contributed by atoms with Crippen molar-refractivity contribution in [3.63, 3.8) is 0 Å². The highest BCUT2D eigenvalue weighted by molar-refractivity contribution is 6.04. The van der Waals surface area contributed by atoms with Crippen LogP contribution in [0.4, 0.5) is 0 Å². The fraction of sp³-hybridized carbons (Fsp3) is 0.444. The van der Waals surface area contributed by atoms with E-state index in [1.165, 1.54) is 0 Å². The summed E-state index contributed by atoms with van der Waals surface area (Å²) in [5, 5.41) is 2.32. The summed E-state index contributed by atoms with van der Waals surface area (Å²) < 4.78 is 0. The molecular weight excluding hydrogens is 352 g/mol. The summed E-state index contributed by atoms with van der Waals surface area (Å²) in [6.45, 7) is 3.45. The van der Waals surface area contributed by atoms with Crippen molar-refractivity contribution in [1.29, 1.82) is 0 Å². The predicted octanol–water partition coefficient (Wildman–Crippen LogP) is -0.605. The van der Waals surface area contributed by atoms with Crippen molar-refractivity contribution in [2.45, 2.75) is 32.9 Å². The van der Waals surface area contributed by atoms with E-state index in [1.54, 1.807) is 13.8 Å². The molecule has 1 aromatic rings. The summed E-state index contributed by atoms with van der Waals surface area (Å²) >= 11 is 0. The highest BCUT2D eigenvalue weighted by atomic mass is 16.6. The molecule has 0 heterocycles. The van der Waals surface area contributed by atoms with Crippen molar-refractivity contribution in [1.82, 2.24) is 10.8 Å². The minimum atomic E-state index is -1.26. The van der Waals surface area contributed by atoms with Crippen molar-refractivity contribution >= 4 is 23.5 Å². The Bertz CT molecular complexity index is 663. The average molecular weight is 378 g/mol. The summed E-state index contributed by atoms with van der Waals surface area (Å²) in [5.74, 6) is -4.17. The Kier molecular flexibility index (Phi) is 9.11. The Labute approximate surface area is 157 Å². The normalized spacial score (nSPS) is 13.0. The molecular formula is C18H26N4O5. The van der Waals surface area contributed by atoms with Gasteiger partial charge in [0.2, 0.25) is 17.7 Å². The van der Waals surface area contributed by atoms with Gasteiger partial charge in [-0.05, 0) is 11.5 Å². The van der Waals surface area contributed by atoms with Crippen LogP contribution < -0.4 is 22.3 Å². The van der Waals surface area contributed by atoms with Crippen molar-refractivity contribution < 1.29 is 24.0 Å². The number of amides is 3. The van der Waals surface area contributed by atoms with Gasteiger partial charge in [-0.3, -0.25) is 24.0 Å². The molecule has 0 aliphatic carbocycles. The Morgan fingerprint density at radius 3 is 2.22 bits per heavy atom. The Hall–Kier alpha value is -2.78. The van der Waals surface area contributed by atoms with Crippen LogP contribution >= 0.6 is 0 Å². The second kappa shape index (κ2) is 11.0. The van der Waals surface area contributed by atoms with Gasteiger partial charge in [-0.2, -0.15) is 5.48 Å². The Morgan fingerprint density at radius 2 is 1.70 bits per heavy atom. The number of primary amides is 2. The molecule has 0 radical (unpaired) electrons. The maximum Gasteiger partial charge on any atom is 0.240 e. The molecule has 0 saturated heterocycles. The van der Waals surface area contributed by atoms with Crippen molar-refractivity contribution in [2.75, 3.05) is 6.54 Å². The molecule has 0 spiro atoms. The molecule has 6 N–H and O–H groups in total. The summed E-state index contributed by atoms with van der Waals surface area (Å²) in [7, 11) is 0. The summed E-state index contributed by atoms with van der Waals surface area (Å²) in [5.41, 5.74) is 13.7. The number of hydrogen-bond donors (Lipinski definition) is 4. The number of Topliss-reactive ketones (excluding diaryl/α,β-unsaturated/α-hetero) is 1. The van der Waals surface area contributed by atoms with E-state index >= 15 is 0 Å². The molecule has 0 aromatic heterocycles. The van der Waals surface area contributed by atoms with Crippen LogP contribution in [0.25, 0.3) is 0 Å². The van der Waals surface area contributed by atoms with E-state index in [0.717, 1.165) is 5.56 Å². The van der Waals surface area contributed by atoms with E-state index in [2.05, 4.69) is 10.8 Å². The minimum Gasteiger partial charge on any atom is -0.370 e. The molecule has 27 heavy (non-hydrogen) atoms. The zero-order valence-electron chi connectivity index (χ0n) is 15.4. The molecule has 0 saturated carbocycles. The third-order valence-corrected chi connectivity index (χ3v) is 3.79. The van der Waals surface area contributed by atoms with Gasteiger partial charge in [0.1, 0.15) is 12.0 Å². The lowest BCUT2D eigenvalue weighted by Gasteiger charge is -2.22. The first-order valence-electron chi connectivity index (χ1n) is 8.51.